The molecule has 0 radical (unpaired) electrons. The van der Waals surface area contributed by atoms with Crippen LogP contribution < -0.4 is 10.6 Å². The van der Waals surface area contributed by atoms with Gasteiger partial charge in [0.05, 0.1) is 12.1 Å². The van der Waals surface area contributed by atoms with E-state index in [2.05, 4.69) is 10.6 Å². The van der Waals surface area contributed by atoms with E-state index in [-0.39, 0.29) is 18.0 Å². The minimum absolute atomic E-state index is 0.0354. The number of carbonyl (C=O) groups excluding carboxylic acids is 1. The molecule has 3 N–H and O–H groups in total. The number of nitrogens with one attached hydrogen (secondary N) is 2. The summed E-state index contributed by atoms with van der Waals surface area (Å²) in [6, 6.07) is -0.279. The second kappa shape index (κ2) is 5.56. The van der Waals surface area contributed by atoms with E-state index >= 15 is 0 Å². The molecule has 0 saturated carbocycles. The molecule has 0 spiro atoms. The van der Waals surface area contributed by atoms with Gasteiger partial charge < -0.3 is 20.5 Å². The van der Waals surface area contributed by atoms with Crippen LogP contribution in [0.4, 0.5) is 4.79 Å². The van der Waals surface area contributed by atoms with Crippen molar-refractivity contribution >= 4 is 12.0 Å². The Kier molecular flexibility index (Phi) is 4.56. The van der Waals surface area contributed by atoms with Gasteiger partial charge in [0.1, 0.15) is 0 Å². The van der Waals surface area contributed by atoms with Crippen LogP contribution in [0.1, 0.15) is 40.0 Å². The fourth-order valence-corrected chi connectivity index (χ4v) is 1.86. The summed E-state index contributed by atoms with van der Waals surface area (Å²) >= 11 is 0. The number of hydrogen-bond donors (Lipinski definition) is 3. The maximum atomic E-state index is 11.8. The molecule has 1 aliphatic heterocycles. The molecule has 1 saturated heterocycles. The Labute approximate surface area is 107 Å². The predicted molar refractivity (Wildman–Crippen MR) is 66.5 cm³/mol. The molecule has 104 valence electrons. The third-order valence-electron chi connectivity index (χ3n) is 3.05. The van der Waals surface area contributed by atoms with Gasteiger partial charge in [0.2, 0.25) is 0 Å². The first-order valence-corrected chi connectivity index (χ1v) is 6.12. The van der Waals surface area contributed by atoms with E-state index in [4.69, 9.17) is 9.84 Å². The van der Waals surface area contributed by atoms with Crippen molar-refractivity contribution in [3.8, 4) is 0 Å². The Morgan fingerprint density at radius 2 is 2.11 bits per heavy atom. The van der Waals surface area contributed by atoms with Crippen molar-refractivity contribution in [1.82, 2.24) is 10.6 Å². The third-order valence-corrected chi connectivity index (χ3v) is 3.05. The van der Waals surface area contributed by atoms with Crippen molar-refractivity contribution < 1.29 is 19.4 Å². The van der Waals surface area contributed by atoms with Crippen molar-refractivity contribution in [2.24, 2.45) is 0 Å². The molecule has 0 aromatic carbocycles. The fourth-order valence-electron chi connectivity index (χ4n) is 1.86. The molecule has 18 heavy (non-hydrogen) atoms. The zero-order valence-electron chi connectivity index (χ0n) is 11.2. The molecular weight excluding hydrogens is 236 g/mol. The number of carboxylic acids is 1. The normalized spacial score (nSPS) is 23.7. The number of ether oxygens (including phenoxy) is 1. The molecule has 0 aromatic heterocycles. The summed E-state index contributed by atoms with van der Waals surface area (Å²) in [5.41, 5.74) is -0.870. The van der Waals surface area contributed by atoms with Crippen molar-refractivity contribution in [2.75, 3.05) is 13.2 Å². The van der Waals surface area contributed by atoms with Crippen molar-refractivity contribution in [3.05, 3.63) is 0 Å². The summed E-state index contributed by atoms with van der Waals surface area (Å²) in [6.07, 6.45) is 1.21. The molecule has 1 aliphatic rings. The smallest absolute Gasteiger partial charge is 0.315 e. The second-order valence-electron chi connectivity index (χ2n) is 5.72. The number of carboxylic acid groups (broad SMARTS) is 1. The number of rotatable bonds is 5. The number of hydrogen-bond acceptors (Lipinski definition) is 3. The van der Waals surface area contributed by atoms with E-state index in [0.29, 0.717) is 19.6 Å². The predicted octanol–water partition coefficient (Wildman–Crippen LogP) is 1.11. The van der Waals surface area contributed by atoms with Crippen LogP contribution in [-0.4, -0.2) is 41.4 Å². The van der Waals surface area contributed by atoms with Gasteiger partial charge in [0, 0.05) is 18.6 Å². The van der Waals surface area contributed by atoms with Gasteiger partial charge >= 0.3 is 12.0 Å². The van der Waals surface area contributed by atoms with Crippen LogP contribution in [0.3, 0.4) is 0 Å². The minimum Gasteiger partial charge on any atom is -0.481 e. The first-order chi connectivity index (χ1) is 8.22. The Bertz CT molecular complexity index is 322. The summed E-state index contributed by atoms with van der Waals surface area (Å²) in [4.78, 5) is 22.4. The lowest BCUT2D eigenvalue weighted by atomic mass is 9.98. The van der Waals surface area contributed by atoms with Gasteiger partial charge in [0.15, 0.2) is 0 Å². The molecule has 6 heteroatoms. The highest BCUT2D eigenvalue weighted by Crippen LogP contribution is 2.18. The molecule has 1 rings (SSSR count). The van der Waals surface area contributed by atoms with Gasteiger partial charge in [-0.3, -0.25) is 4.79 Å². The lowest BCUT2D eigenvalue weighted by molar-refractivity contribution is -0.137. The molecule has 1 unspecified atom stereocenters. The van der Waals surface area contributed by atoms with E-state index in [1.807, 2.05) is 20.8 Å². The van der Waals surface area contributed by atoms with Crippen molar-refractivity contribution in [2.45, 2.75) is 51.1 Å². The van der Waals surface area contributed by atoms with Gasteiger partial charge in [-0.1, -0.05) is 0 Å². The molecule has 1 heterocycles. The zero-order chi connectivity index (χ0) is 13.8. The summed E-state index contributed by atoms with van der Waals surface area (Å²) in [5.74, 6) is -0.860. The largest absolute Gasteiger partial charge is 0.481 e. The van der Waals surface area contributed by atoms with Crippen LogP contribution in [0.2, 0.25) is 0 Å². The van der Waals surface area contributed by atoms with Crippen LogP contribution >= 0.6 is 0 Å². The van der Waals surface area contributed by atoms with E-state index in [9.17, 15) is 9.59 Å². The van der Waals surface area contributed by atoms with Crippen LogP contribution in [0.25, 0.3) is 0 Å². The quantitative estimate of drug-likeness (QED) is 0.689. The Morgan fingerprint density at radius 3 is 2.61 bits per heavy atom. The molecule has 0 aromatic rings. The SMILES string of the molecule is CC(C)(CCC(=O)O)NC(=O)NC1(C)CCOC1. The van der Waals surface area contributed by atoms with Gasteiger partial charge in [-0.15, -0.1) is 0 Å². The fraction of sp³-hybridized carbons (Fsp3) is 0.833. The topological polar surface area (TPSA) is 87.7 Å². The maximum Gasteiger partial charge on any atom is 0.315 e. The second-order valence-corrected chi connectivity index (χ2v) is 5.72. The Balaban J connectivity index is 2.40. The van der Waals surface area contributed by atoms with E-state index in [1.165, 1.54) is 0 Å². The highest BCUT2D eigenvalue weighted by Gasteiger charge is 2.32. The minimum atomic E-state index is -0.860. The molecule has 1 atom stereocenters. The van der Waals surface area contributed by atoms with Crippen molar-refractivity contribution in [1.29, 1.82) is 0 Å². The third kappa shape index (κ3) is 4.91. The summed E-state index contributed by atoms with van der Waals surface area (Å²) in [6.45, 7) is 6.71. The van der Waals surface area contributed by atoms with E-state index in [0.717, 1.165) is 6.42 Å². The summed E-state index contributed by atoms with van der Waals surface area (Å²) in [5, 5.41) is 14.3. The van der Waals surface area contributed by atoms with Gasteiger partial charge in [0.25, 0.3) is 0 Å². The van der Waals surface area contributed by atoms with Crippen LogP contribution in [0.5, 0.6) is 0 Å². The number of amides is 2. The van der Waals surface area contributed by atoms with Crippen molar-refractivity contribution in [3.63, 3.8) is 0 Å². The van der Waals surface area contributed by atoms with Gasteiger partial charge in [-0.2, -0.15) is 0 Å². The first-order valence-electron chi connectivity index (χ1n) is 6.12. The molecule has 1 fully saturated rings. The zero-order valence-corrected chi connectivity index (χ0v) is 11.2. The summed E-state index contributed by atoms with van der Waals surface area (Å²) < 4.78 is 5.25. The molecule has 0 aliphatic carbocycles. The first kappa shape index (κ1) is 14.8. The number of carbonyl (C=O) groups is 2. The molecule has 0 bridgehead atoms. The van der Waals surface area contributed by atoms with Crippen LogP contribution in [0.15, 0.2) is 0 Å². The molecule has 2 amide bonds. The Hall–Kier alpha value is -1.30. The van der Waals surface area contributed by atoms with Gasteiger partial charge in [-0.05, 0) is 33.6 Å². The Morgan fingerprint density at radius 1 is 1.44 bits per heavy atom. The van der Waals surface area contributed by atoms with Crippen LogP contribution in [-0.2, 0) is 9.53 Å². The number of aliphatic carboxylic acids is 1. The lowest BCUT2D eigenvalue weighted by Crippen LogP contribution is -2.55. The average molecular weight is 258 g/mol. The van der Waals surface area contributed by atoms with E-state index < -0.39 is 11.5 Å². The molecule has 6 nitrogen and oxygen atoms in total. The van der Waals surface area contributed by atoms with Crippen LogP contribution in [0, 0.1) is 0 Å². The number of urea groups is 1. The lowest BCUT2D eigenvalue weighted by Gasteiger charge is -2.30. The highest BCUT2D eigenvalue weighted by atomic mass is 16.5. The monoisotopic (exact) mass is 258 g/mol. The average Bonchev–Trinajstić information content (AvgIpc) is 2.60. The molecular formula is C12H22N2O4. The highest BCUT2D eigenvalue weighted by molar-refractivity contribution is 5.75. The van der Waals surface area contributed by atoms with E-state index in [1.54, 1.807) is 0 Å². The standard InChI is InChI=1S/C12H22N2O4/c1-11(2,5-4-9(15)16)13-10(17)14-12(3)6-7-18-8-12/h4-8H2,1-3H3,(H,15,16)(H2,13,14,17). The van der Waals surface area contributed by atoms with Gasteiger partial charge in [-0.25, -0.2) is 4.79 Å². The maximum absolute atomic E-state index is 11.8. The summed E-state index contributed by atoms with van der Waals surface area (Å²) in [7, 11) is 0.